The Morgan fingerprint density at radius 3 is 3.06 bits per heavy atom. The number of hydrogen-bond acceptors (Lipinski definition) is 7. The number of aromatic nitrogens is 3. The largest absolute Gasteiger partial charge is 0.461 e. The van der Waals surface area contributed by atoms with Gasteiger partial charge in [0.2, 0.25) is 0 Å². The van der Waals surface area contributed by atoms with E-state index in [1.54, 1.807) is 6.92 Å². The molecule has 0 spiro atoms. The number of ether oxygens (including phenoxy) is 1. The van der Waals surface area contributed by atoms with Gasteiger partial charge >= 0.3 is 5.97 Å². The normalized spacial score (nSPS) is 10.5. The molecule has 0 fully saturated rings. The van der Waals surface area contributed by atoms with Gasteiger partial charge < -0.3 is 9.15 Å². The van der Waals surface area contributed by atoms with Crippen molar-refractivity contribution in [2.45, 2.75) is 20.3 Å². The van der Waals surface area contributed by atoms with Crippen molar-refractivity contribution in [3.63, 3.8) is 0 Å². The summed E-state index contributed by atoms with van der Waals surface area (Å²) in [5.74, 6) is 0.0957. The number of aryl methyl sites for hydroxylation is 1. The molecule has 2 aromatic heterocycles. The van der Waals surface area contributed by atoms with Crippen LogP contribution in [0.4, 0.5) is 0 Å². The van der Waals surface area contributed by atoms with E-state index in [4.69, 9.17) is 9.15 Å². The molecule has 0 saturated carbocycles. The number of oxazole rings is 1. The molecule has 2 rings (SSSR count). The van der Waals surface area contributed by atoms with Crippen molar-refractivity contribution >= 4 is 17.5 Å². The molecule has 17 heavy (non-hydrogen) atoms. The van der Waals surface area contributed by atoms with Crippen molar-refractivity contribution in [2.75, 3.05) is 6.61 Å². The molecule has 0 aliphatic rings. The number of carbonyl (C=O) groups is 1. The summed E-state index contributed by atoms with van der Waals surface area (Å²) < 4.78 is 13.9. The molecule has 0 unspecified atom stereocenters. The molecule has 0 aliphatic carbocycles. The first-order valence-electron chi connectivity index (χ1n) is 5.14. The molecule has 0 aliphatic heterocycles. The average Bonchev–Trinajstić information content (AvgIpc) is 2.93. The third kappa shape index (κ3) is 2.50. The van der Waals surface area contributed by atoms with Crippen LogP contribution < -0.4 is 0 Å². The number of carbonyl (C=O) groups excluding carboxylic acids is 1. The van der Waals surface area contributed by atoms with Gasteiger partial charge in [0, 0.05) is 6.92 Å². The monoisotopic (exact) mass is 253 g/mol. The summed E-state index contributed by atoms with van der Waals surface area (Å²) >= 11 is 0.995. The van der Waals surface area contributed by atoms with E-state index in [-0.39, 0.29) is 0 Å². The molecule has 0 aromatic carbocycles. The van der Waals surface area contributed by atoms with Gasteiger partial charge in [0.1, 0.15) is 17.7 Å². The first kappa shape index (κ1) is 11.7. The van der Waals surface area contributed by atoms with Crippen LogP contribution in [0.15, 0.2) is 10.7 Å². The summed E-state index contributed by atoms with van der Waals surface area (Å²) in [6.45, 7) is 4.03. The second-order valence-corrected chi connectivity index (χ2v) is 4.09. The predicted molar refractivity (Wildman–Crippen MR) is 60.7 cm³/mol. The molecular formula is C10H11N3O3S. The van der Waals surface area contributed by atoms with Gasteiger partial charge in [0.15, 0.2) is 10.8 Å². The lowest BCUT2D eigenvalue weighted by molar-refractivity contribution is 0.0511. The Hall–Kier alpha value is -1.76. The Bertz CT molecular complexity index is 520. The van der Waals surface area contributed by atoms with Crippen LogP contribution in [-0.2, 0) is 4.74 Å². The molecule has 0 saturated heterocycles. The second-order valence-electron chi connectivity index (χ2n) is 3.34. The van der Waals surface area contributed by atoms with Crippen LogP contribution in [0.5, 0.6) is 0 Å². The summed E-state index contributed by atoms with van der Waals surface area (Å²) in [6, 6.07) is 0. The van der Waals surface area contributed by atoms with Crippen LogP contribution in [0.2, 0.25) is 0 Å². The van der Waals surface area contributed by atoms with E-state index in [9.17, 15) is 4.79 Å². The minimum absolute atomic E-state index is 0.353. The van der Waals surface area contributed by atoms with Gasteiger partial charge in [-0.15, -0.1) is 5.10 Å². The van der Waals surface area contributed by atoms with Crippen molar-refractivity contribution in [1.29, 1.82) is 0 Å². The van der Waals surface area contributed by atoms with Crippen LogP contribution >= 0.6 is 11.5 Å². The van der Waals surface area contributed by atoms with Crippen LogP contribution in [0.25, 0.3) is 11.4 Å². The second kappa shape index (κ2) is 5.05. The number of rotatable bonds is 4. The summed E-state index contributed by atoms with van der Waals surface area (Å²) in [5.41, 5.74) is 0.910. The third-order valence-electron chi connectivity index (χ3n) is 1.97. The lowest BCUT2D eigenvalue weighted by Gasteiger charge is -2.00. The van der Waals surface area contributed by atoms with Crippen molar-refractivity contribution < 1.29 is 13.9 Å². The summed E-state index contributed by atoms with van der Waals surface area (Å²) in [7, 11) is 0. The zero-order chi connectivity index (χ0) is 12.3. The predicted octanol–water partition coefficient (Wildman–Crippen LogP) is 2.07. The summed E-state index contributed by atoms with van der Waals surface area (Å²) in [4.78, 5) is 16.2. The van der Waals surface area contributed by atoms with Gasteiger partial charge in [-0.3, -0.25) is 0 Å². The van der Waals surface area contributed by atoms with Gasteiger partial charge in [-0.05, 0) is 18.0 Å². The molecule has 90 valence electrons. The fourth-order valence-corrected chi connectivity index (χ4v) is 1.79. The molecule has 2 heterocycles. The van der Waals surface area contributed by atoms with Crippen LogP contribution in [0.1, 0.15) is 28.9 Å². The van der Waals surface area contributed by atoms with Gasteiger partial charge in [-0.25, -0.2) is 9.78 Å². The SMILES string of the molecule is CCCOC(=O)c1snnc1-c1coc(C)n1. The zero-order valence-corrected chi connectivity index (χ0v) is 10.3. The highest BCUT2D eigenvalue weighted by molar-refractivity contribution is 7.08. The molecular weight excluding hydrogens is 242 g/mol. The van der Waals surface area contributed by atoms with Crippen molar-refractivity contribution in [2.24, 2.45) is 0 Å². The van der Waals surface area contributed by atoms with E-state index < -0.39 is 5.97 Å². The molecule has 6 nitrogen and oxygen atoms in total. The summed E-state index contributed by atoms with van der Waals surface area (Å²) in [5, 5.41) is 3.87. The highest BCUT2D eigenvalue weighted by Gasteiger charge is 2.21. The topological polar surface area (TPSA) is 78.1 Å². The first-order valence-corrected chi connectivity index (χ1v) is 5.91. The van der Waals surface area contributed by atoms with E-state index in [0.29, 0.717) is 28.8 Å². The Morgan fingerprint density at radius 2 is 2.41 bits per heavy atom. The minimum Gasteiger partial charge on any atom is -0.461 e. The first-order chi connectivity index (χ1) is 8.22. The van der Waals surface area contributed by atoms with Crippen LogP contribution in [0, 0.1) is 6.92 Å². The third-order valence-corrected chi connectivity index (χ3v) is 2.68. The van der Waals surface area contributed by atoms with Gasteiger partial charge in [0.05, 0.1) is 6.61 Å². The van der Waals surface area contributed by atoms with E-state index in [1.165, 1.54) is 6.26 Å². The van der Waals surface area contributed by atoms with Gasteiger partial charge in [0.25, 0.3) is 0 Å². The minimum atomic E-state index is -0.419. The molecule has 0 amide bonds. The van der Waals surface area contributed by atoms with Crippen LogP contribution in [0.3, 0.4) is 0 Å². The Kier molecular flexibility index (Phi) is 3.48. The number of nitrogens with zero attached hydrogens (tertiary/aromatic N) is 3. The maximum absolute atomic E-state index is 11.7. The summed E-state index contributed by atoms with van der Waals surface area (Å²) in [6.07, 6.45) is 2.22. The van der Waals surface area contributed by atoms with E-state index >= 15 is 0 Å². The maximum Gasteiger partial charge on any atom is 0.352 e. The Balaban J connectivity index is 2.25. The van der Waals surface area contributed by atoms with Crippen LogP contribution in [-0.4, -0.2) is 27.1 Å². The quantitative estimate of drug-likeness (QED) is 0.776. The fourth-order valence-electron chi connectivity index (χ4n) is 1.22. The smallest absolute Gasteiger partial charge is 0.352 e. The van der Waals surface area contributed by atoms with E-state index in [2.05, 4.69) is 14.6 Å². The van der Waals surface area contributed by atoms with Crippen molar-refractivity contribution in [3.05, 3.63) is 17.0 Å². The maximum atomic E-state index is 11.7. The highest BCUT2D eigenvalue weighted by Crippen LogP contribution is 2.23. The molecule has 0 atom stereocenters. The molecule has 0 radical (unpaired) electrons. The Labute approximate surface area is 102 Å². The number of esters is 1. The van der Waals surface area contributed by atoms with E-state index in [1.807, 2.05) is 6.92 Å². The average molecular weight is 253 g/mol. The zero-order valence-electron chi connectivity index (χ0n) is 9.47. The molecule has 2 aromatic rings. The van der Waals surface area contributed by atoms with Crippen molar-refractivity contribution in [1.82, 2.24) is 14.6 Å². The Morgan fingerprint density at radius 1 is 1.59 bits per heavy atom. The molecule has 0 bridgehead atoms. The van der Waals surface area contributed by atoms with Crippen molar-refractivity contribution in [3.8, 4) is 11.4 Å². The molecule has 7 heteroatoms. The lowest BCUT2D eigenvalue weighted by atomic mass is 10.3. The fraction of sp³-hybridized carbons (Fsp3) is 0.400. The standard InChI is InChI=1S/C10H11N3O3S/c1-3-4-15-10(14)9-8(12-13-17-9)7-5-16-6(2)11-7/h5H,3-4H2,1-2H3. The molecule has 0 N–H and O–H groups in total. The van der Waals surface area contributed by atoms with Gasteiger partial charge in [-0.1, -0.05) is 11.4 Å². The number of hydrogen-bond donors (Lipinski definition) is 0. The van der Waals surface area contributed by atoms with E-state index in [0.717, 1.165) is 18.0 Å². The lowest BCUT2D eigenvalue weighted by Crippen LogP contribution is -2.05. The highest BCUT2D eigenvalue weighted by atomic mass is 32.1. The van der Waals surface area contributed by atoms with Gasteiger partial charge in [-0.2, -0.15) is 0 Å².